The second-order valence-corrected chi connectivity index (χ2v) is 3.80. The molecule has 3 rings (SSSR count). The maximum Gasteiger partial charge on any atom is 0.199 e. The van der Waals surface area contributed by atoms with Gasteiger partial charge in [0.1, 0.15) is 11.8 Å². The monoisotopic (exact) mass is 283 g/mol. The highest BCUT2D eigenvalue weighted by atomic mass is 19.2. The summed E-state index contributed by atoms with van der Waals surface area (Å²) in [7, 11) is 0. The van der Waals surface area contributed by atoms with Crippen LogP contribution in [0, 0.1) is 23.3 Å². The highest BCUT2D eigenvalue weighted by Gasteiger charge is 2.19. The van der Waals surface area contributed by atoms with Crippen LogP contribution in [0.2, 0.25) is 0 Å². The lowest BCUT2D eigenvalue weighted by molar-refractivity contribution is 0.411. The number of H-pyrrole nitrogens is 1. The molecule has 0 saturated heterocycles. The Kier molecular flexibility index (Phi) is 2.74. The van der Waals surface area contributed by atoms with E-state index in [0.29, 0.717) is 11.6 Å². The molecule has 9 heteroatoms. The average Bonchev–Trinajstić information content (AvgIpc) is 2.92. The molecule has 5 nitrogen and oxygen atoms in total. The van der Waals surface area contributed by atoms with Gasteiger partial charge in [0.25, 0.3) is 0 Å². The predicted octanol–water partition coefficient (Wildman–Crippen LogP) is 2.65. The summed E-state index contributed by atoms with van der Waals surface area (Å²) in [4.78, 5) is 14.1. The normalized spacial score (nSPS) is 11.0. The first kappa shape index (κ1) is 12.3. The minimum Gasteiger partial charge on any atom is -0.340 e. The fourth-order valence-electron chi connectivity index (χ4n) is 1.65. The molecule has 0 aliphatic carbocycles. The van der Waals surface area contributed by atoms with E-state index in [1.54, 1.807) is 0 Å². The van der Waals surface area contributed by atoms with E-state index < -0.39 is 29.0 Å². The minimum atomic E-state index is -1.90. The molecule has 0 unspecified atom stereocenters. The molecule has 0 saturated carbocycles. The zero-order valence-electron chi connectivity index (χ0n) is 9.59. The molecule has 2 aromatic heterocycles. The number of benzene rings is 1. The van der Waals surface area contributed by atoms with Crippen molar-refractivity contribution in [3.63, 3.8) is 0 Å². The summed E-state index contributed by atoms with van der Waals surface area (Å²) in [5.74, 6) is -6.78. The number of nitrogens with one attached hydrogen (secondary N) is 2. The van der Waals surface area contributed by atoms with Crippen LogP contribution in [0.15, 0.2) is 18.7 Å². The van der Waals surface area contributed by atoms with E-state index >= 15 is 0 Å². The van der Waals surface area contributed by atoms with E-state index in [4.69, 9.17) is 0 Å². The molecule has 0 aliphatic rings. The molecule has 2 N–H and O–H groups in total. The van der Waals surface area contributed by atoms with Gasteiger partial charge in [-0.1, -0.05) is 0 Å². The molecule has 20 heavy (non-hydrogen) atoms. The van der Waals surface area contributed by atoms with Gasteiger partial charge in [0, 0.05) is 6.07 Å². The van der Waals surface area contributed by atoms with E-state index in [9.17, 15) is 17.6 Å². The van der Waals surface area contributed by atoms with Gasteiger partial charge in [0.05, 0.1) is 12.0 Å². The molecule has 2 heterocycles. The van der Waals surface area contributed by atoms with E-state index in [2.05, 4.69) is 25.3 Å². The quantitative estimate of drug-likeness (QED) is 0.431. The molecule has 0 spiro atoms. The van der Waals surface area contributed by atoms with Gasteiger partial charge in [0.2, 0.25) is 0 Å². The van der Waals surface area contributed by atoms with Crippen molar-refractivity contribution < 1.29 is 17.6 Å². The van der Waals surface area contributed by atoms with Crippen LogP contribution in [0.3, 0.4) is 0 Å². The van der Waals surface area contributed by atoms with Crippen LogP contribution in [-0.2, 0) is 0 Å². The van der Waals surface area contributed by atoms with Crippen LogP contribution in [-0.4, -0.2) is 19.9 Å². The average molecular weight is 283 g/mol. The number of aromatic amines is 1. The van der Waals surface area contributed by atoms with E-state index in [-0.39, 0.29) is 11.5 Å². The summed E-state index contributed by atoms with van der Waals surface area (Å²) in [6, 6.07) is 0.498. The maximum absolute atomic E-state index is 13.5. The summed E-state index contributed by atoms with van der Waals surface area (Å²) in [5, 5.41) is 2.37. The summed E-state index contributed by atoms with van der Waals surface area (Å²) in [6.45, 7) is 0. The number of anilines is 2. The van der Waals surface area contributed by atoms with Crippen molar-refractivity contribution >= 4 is 22.7 Å². The van der Waals surface area contributed by atoms with Crippen molar-refractivity contribution in [2.45, 2.75) is 0 Å². The first-order chi connectivity index (χ1) is 9.58. The molecule has 3 aromatic rings. The summed E-state index contributed by atoms with van der Waals surface area (Å²) < 4.78 is 52.6. The largest absolute Gasteiger partial charge is 0.340 e. The number of hydrogen-bond acceptors (Lipinski definition) is 4. The van der Waals surface area contributed by atoms with Crippen LogP contribution in [0.25, 0.3) is 11.2 Å². The molecular formula is C11H5F4N5. The maximum atomic E-state index is 13.5. The highest BCUT2D eigenvalue weighted by molar-refractivity contribution is 5.84. The van der Waals surface area contributed by atoms with Gasteiger partial charge in [-0.3, -0.25) is 0 Å². The Hall–Kier alpha value is -2.71. The third-order valence-electron chi connectivity index (χ3n) is 2.58. The van der Waals surface area contributed by atoms with Gasteiger partial charge in [-0.15, -0.1) is 0 Å². The van der Waals surface area contributed by atoms with Gasteiger partial charge in [0.15, 0.2) is 34.7 Å². The number of fused-ring (bicyclic) bond motifs is 1. The van der Waals surface area contributed by atoms with Crippen molar-refractivity contribution in [3.05, 3.63) is 42.0 Å². The van der Waals surface area contributed by atoms with E-state index in [0.717, 1.165) is 6.33 Å². The first-order valence-corrected chi connectivity index (χ1v) is 5.32. The molecule has 0 amide bonds. The molecular weight excluding hydrogens is 278 g/mol. The summed E-state index contributed by atoms with van der Waals surface area (Å²) in [6.07, 6.45) is 2.46. The van der Waals surface area contributed by atoms with Crippen LogP contribution in [0.4, 0.5) is 29.1 Å². The van der Waals surface area contributed by atoms with Gasteiger partial charge >= 0.3 is 0 Å². The third kappa shape index (κ3) is 1.83. The summed E-state index contributed by atoms with van der Waals surface area (Å²) >= 11 is 0. The minimum absolute atomic E-state index is 0.0526. The topological polar surface area (TPSA) is 66.5 Å². The third-order valence-corrected chi connectivity index (χ3v) is 2.58. The number of halogens is 4. The number of nitrogens with zero attached hydrogens (tertiary/aromatic N) is 3. The predicted molar refractivity (Wildman–Crippen MR) is 61.2 cm³/mol. The zero-order chi connectivity index (χ0) is 14.3. The van der Waals surface area contributed by atoms with Crippen molar-refractivity contribution in [2.24, 2.45) is 0 Å². The second kappa shape index (κ2) is 4.44. The Morgan fingerprint density at radius 2 is 1.75 bits per heavy atom. The SMILES string of the molecule is Fc1cc(Nc2ncnc3nc[nH]c23)c(F)c(F)c1F. The van der Waals surface area contributed by atoms with Crippen molar-refractivity contribution in [1.29, 1.82) is 0 Å². The second-order valence-electron chi connectivity index (χ2n) is 3.80. The van der Waals surface area contributed by atoms with Crippen molar-refractivity contribution in [3.8, 4) is 0 Å². The smallest absolute Gasteiger partial charge is 0.199 e. The number of imidazole rings is 1. The molecule has 102 valence electrons. The van der Waals surface area contributed by atoms with Crippen LogP contribution in [0.1, 0.15) is 0 Å². The Morgan fingerprint density at radius 1 is 0.950 bits per heavy atom. The van der Waals surface area contributed by atoms with Crippen LogP contribution in [0.5, 0.6) is 0 Å². The molecule has 0 fully saturated rings. The van der Waals surface area contributed by atoms with E-state index in [1.165, 1.54) is 6.33 Å². The fourth-order valence-corrected chi connectivity index (χ4v) is 1.65. The van der Waals surface area contributed by atoms with E-state index in [1.807, 2.05) is 0 Å². The number of hydrogen-bond donors (Lipinski definition) is 2. The zero-order valence-corrected chi connectivity index (χ0v) is 9.59. The van der Waals surface area contributed by atoms with Crippen molar-refractivity contribution in [2.75, 3.05) is 5.32 Å². The van der Waals surface area contributed by atoms with Crippen LogP contribution < -0.4 is 5.32 Å². The molecule has 1 aromatic carbocycles. The highest BCUT2D eigenvalue weighted by Crippen LogP contribution is 2.26. The van der Waals surface area contributed by atoms with Gasteiger partial charge in [-0.2, -0.15) is 0 Å². The molecule has 0 aliphatic heterocycles. The lowest BCUT2D eigenvalue weighted by Crippen LogP contribution is -2.03. The lowest BCUT2D eigenvalue weighted by atomic mass is 10.2. The van der Waals surface area contributed by atoms with Crippen LogP contribution >= 0.6 is 0 Å². The van der Waals surface area contributed by atoms with Gasteiger partial charge in [-0.05, 0) is 0 Å². The Bertz CT molecular complexity index is 801. The number of aromatic nitrogens is 4. The van der Waals surface area contributed by atoms with Crippen molar-refractivity contribution in [1.82, 2.24) is 19.9 Å². The number of rotatable bonds is 2. The summed E-state index contributed by atoms with van der Waals surface area (Å²) in [5.41, 5.74) is 0.0130. The van der Waals surface area contributed by atoms with Gasteiger partial charge in [-0.25, -0.2) is 32.5 Å². The Morgan fingerprint density at radius 3 is 2.55 bits per heavy atom. The molecule has 0 radical (unpaired) electrons. The lowest BCUT2D eigenvalue weighted by Gasteiger charge is -2.08. The Labute approximate surface area is 108 Å². The fraction of sp³-hybridized carbons (Fsp3) is 0. The molecule has 0 bridgehead atoms. The molecule has 0 atom stereocenters. The van der Waals surface area contributed by atoms with Gasteiger partial charge < -0.3 is 10.3 Å². The standard InChI is InChI=1S/C11H5F4N5/c12-4-1-5(7(14)8(15)6(4)13)20-11-9-10(17-2-16-9)18-3-19-11/h1-3H,(H2,16,17,18,19,20). The Balaban J connectivity index is 2.10. The first-order valence-electron chi connectivity index (χ1n) is 5.32.